The van der Waals surface area contributed by atoms with Gasteiger partial charge in [-0.2, -0.15) is 0 Å². The van der Waals surface area contributed by atoms with Gasteiger partial charge >= 0.3 is 0 Å². The molecule has 0 radical (unpaired) electrons. The summed E-state index contributed by atoms with van der Waals surface area (Å²) in [5.74, 6) is 1.02. The van der Waals surface area contributed by atoms with Crippen LogP contribution in [0.2, 0.25) is 0 Å². The standard InChI is InChI=1S/C53H49N3/c1-35-44-34-52(2,55-48-27-15-11-23-41(48)42-24-12-16-28-49(42)55)32-31-50(44)56-51(35)43-30-29-38(54-46-25-13-9-21-39(46)40-22-10-14-26-47(40)54)33-45(43)53(56,36-17-5-3-6-18-36)37-19-7-4-8-20-37/h5,9-17,21-31,33-34,36-37H,3-4,6-8,18-20,32H2,1-2H3. The molecule has 3 nitrogen and oxygen atoms in total. The van der Waals surface area contributed by atoms with E-state index < -0.39 is 0 Å². The smallest absolute Gasteiger partial charge is 0.0800 e. The van der Waals surface area contributed by atoms with Crippen LogP contribution in [0.15, 0.2) is 127 Å². The lowest BCUT2D eigenvalue weighted by atomic mass is 9.62. The zero-order chi connectivity index (χ0) is 37.2. The number of nitrogens with zero attached hydrogens (tertiary/aromatic N) is 3. The van der Waals surface area contributed by atoms with Crippen LogP contribution in [0.4, 0.5) is 0 Å². The van der Waals surface area contributed by atoms with Crippen molar-refractivity contribution in [3.63, 3.8) is 0 Å². The topological polar surface area (TPSA) is 14.8 Å². The molecule has 0 saturated heterocycles. The second-order valence-corrected chi connectivity index (χ2v) is 17.6. The van der Waals surface area contributed by atoms with E-state index in [1.165, 1.54) is 128 Å². The van der Waals surface area contributed by atoms with Crippen LogP contribution in [-0.4, -0.2) is 13.7 Å². The molecule has 8 aromatic rings. The molecular formula is C53H49N3. The Morgan fingerprint density at radius 2 is 1.23 bits per heavy atom. The minimum Gasteiger partial charge on any atom is -0.331 e. The minimum absolute atomic E-state index is 0.139. The third-order valence-electron chi connectivity index (χ3n) is 14.7. The van der Waals surface area contributed by atoms with E-state index in [0.717, 1.165) is 6.42 Å². The molecule has 276 valence electrons. The summed E-state index contributed by atoms with van der Waals surface area (Å²) in [5, 5.41) is 8.22. The number of aromatic nitrogens is 3. The Labute approximate surface area is 328 Å². The lowest BCUT2D eigenvalue weighted by Gasteiger charge is -2.48. The molecule has 1 aliphatic heterocycles. The zero-order valence-corrected chi connectivity index (χ0v) is 32.6. The largest absolute Gasteiger partial charge is 0.331 e. The molecule has 56 heavy (non-hydrogen) atoms. The normalized spacial score (nSPS) is 23.4. The van der Waals surface area contributed by atoms with Gasteiger partial charge in [0.25, 0.3) is 0 Å². The van der Waals surface area contributed by atoms with Gasteiger partial charge in [-0.15, -0.1) is 0 Å². The Balaban J connectivity index is 1.15. The predicted molar refractivity (Wildman–Crippen MR) is 235 cm³/mol. The van der Waals surface area contributed by atoms with Crippen molar-refractivity contribution in [3.8, 4) is 16.9 Å². The van der Waals surface area contributed by atoms with Gasteiger partial charge in [-0.1, -0.05) is 116 Å². The first-order valence-corrected chi connectivity index (χ1v) is 21.3. The number of hydrogen-bond acceptors (Lipinski definition) is 0. The van der Waals surface area contributed by atoms with Gasteiger partial charge in [-0.3, -0.25) is 0 Å². The molecule has 1 fully saturated rings. The molecule has 1 saturated carbocycles. The molecule has 0 bridgehead atoms. The third-order valence-corrected chi connectivity index (χ3v) is 14.7. The molecule has 3 heteroatoms. The Morgan fingerprint density at radius 1 is 0.625 bits per heavy atom. The fraction of sp³-hybridized carbons (Fsp3) is 0.283. The number of allylic oxidation sites excluding steroid dienone is 2. The lowest BCUT2D eigenvalue weighted by Crippen LogP contribution is -2.53. The van der Waals surface area contributed by atoms with Crippen LogP contribution in [0.25, 0.3) is 72.7 Å². The maximum absolute atomic E-state index is 2.95. The van der Waals surface area contributed by atoms with Gasteiger partial charge in [-0.05, 0) is 112 Å². The van der Waals surface area contributed by atoms with Gasteiger partial charge in [0, 0.05) is 60.3 Å². The van der Waals surface area contributed by atoms with Crippen molar-refractivity contribution < 1.29 is 0 Å². The Kier molecular flexibility index (Phi) is 6.99. The van der Waals surface area contributed by atoms with Gasteiger partial charge in [0.1, 0.15) is 0 Å². The van der Waals surface area contributed by atoms with E-state index in [1.54, 1.807) is 5.56 Å². The summed E-state index contributed by atoms with van der Waals surface area (Å²) >= 11 is 0. The van der Waals surface area contributed by atoms with Crippen LogP contribution in [0, 0.1) is 18.8 Å². The van der Waals surface area contributed by atoms with E-state index in [-0.39, 0.29) is 11.1 Å². The first-order chi connectivity index (χ1) is 27.6. The molecular weight excluding hydrogens is 679 g/mol. The Hall–Kier alpha value is -5.54. The number of benzene rings is 5. The quantitative estimate of drug-likeness (QED) is 0.160. The van der Waals surface area contributed by atoms with E-state index in [1.807, 2.05) is 0 Å². The van der Waals surface area contributed by atoms with Gasteiger partial charge in [0.2, 0.25) is 0 Å². The average molecular weight is 728 g/mol. The highest BCUT2D eigenvalue weighted by atomic mass is 15.1. The summed E-state index contributed by atoms with van der Waals surface area (Å²) in [5.41, 5.74) is 12.1. The highest BCUT2D eigenvalue weighted by Gasteiger charge is 2.54. The summed E-state index contributed by atoms with van der Waals surface area (Å²) in [7, 11) is 0. The lowest BCUT2D eigenvalue weighted by molar-refractivity contribution is 0.115. The maximum Gasteiger partial charge on any atom is 0.0800 e. The summed E-state index contributed by atoms with van der Waals surface area (Å²) in [4.78, 5) is 0. The van der Waals surface area contributed by atoms with Crippen molar-refractivity contribution in [1.82, 2.24) is 13.7 Å². The van der Waals surface area contributed by atoms with Gasteiger partial charge in [0.15, 0.2) is 0 Å². The van der Waals surface area contributed by atoms with E-state index in [9.17, 15) is 0 Å². The second kappa shape index (κ2) is 12.0. The van der Waals surface area contributed by atoms with Crippen LogP contribution in [0.3, 0.4) is 0 Å². The number of rotatable bonds is 4. The monoisotopic (exact) mass is 727 g/mol. The summed E-state index contributed by atoms with van der Waals surface area (Å²) < 4.78 is 8.14. The predicted octanol–water partition coefficient (Wildman–Crippen LogP) is 12.0. The number of hydrogen-bond donors (Lipinski definition) is 0. The van der Waals surface area contributed by atoms with Crippen molar-refractivity contribution in [2.24, 2.45) is 11.8 Å². The molecule has 3 aliphatic carbocycles. The van der Waals surface area contributed by atoms with Crippen LogP contribution in [0.5, 0.6) is 0 Å². The highest BCUT2D eigenvalue weighted by molar-refractivity contribution is 6.10. The SMILES string of the molecule is Cc1c2n(c3c1=CC(C)(n1c4ccccc4c4ccccc41)CC=3)C(C1C=CCCC1)(C1CCCCC1)c1cc(-n3c4ccccc4c4ccccc43)ccc1-2. The van der Waals surface area contributed by atoms with Gasteiger partial charge < -0.3 is 13.7 Å². The maximum atomic E-state index is 2.95. The molecule has 0 spiro atoms. The van der Waals surface area contributed by atoms with Crippen LogP contribution in [-0.2, 0) is 11.1 Å². The first kappa shape index (κ1) is 32.7. The van der Waals surface area contributed by atoms with E-state index >= 15 is 0 Å². The number of para-hydroxylation sites is 4. The highest BCUT2D eigenvalue weighted by Crippen LogP contribution is 2.57. The van der Waals surface area contributed by atoms with Crippen LogP contribution < -0.4 is 10.6 Å². The third kappa shape index (κ3) is 4.24. The molecule has 4 aliphatic rings. The van der Waals surface area contributed by atoms with Crippen molar-refractivity contribution >= 4 is 55.8 Å². The van der Waals surface area contributed by atoms with Gasteiger partial charge in [0.05, 0.1) is 27.8 Å². The van der Waals surface area contributed by atoms with Crippen molar-refractivity contribution in [1.29, 1.82) is 0 Å². The minimum atomic E-state index is -0.204. The van der Waals surface area contributed by atoms with Crippen molar-refractivity contribution in [2.45, 2.75) is 82.7 Å². The molecule has 5 aromatic carbocycles. The van der Waals surface area contributed by atoms with Crippen LogP contribution in [0.1, 0.15) is 75.8 Å². The molecule has 0 amide bonds. The van der Waals surface area contributed by atoms with E-state index in [2.05, 4.69) is 167 Å². The van der Waals surface area contributed by atoms with Crippen molar-refractivity contribution in [3.05, 3.63) is 149 Å². The van der Waals surface area contributed by atoms with E-state index in [0.29, 0.717) is 11.8 Å². The van der Waals surface area contributed by atoms with Crippen molar-refractivity contribution in [2.75, 3.05) is 0 Å². The van der Waals surface area contributed by atoms with Crippen LogP contribution >= 0.6 is 0 Å². The Morgan fingerprint density at radius 3 is 1.86 bits per heavy atom. The molecule has 0 N–H and O–H groups in total. The molecule has 3 atom stereocenters. The molecule has 3 aromatic heterocycles. The molecule has 4 heterocycles. The first-order valence-electron chi connectivity index (χ1n) is 21.3. The molecule has 12 rings (SSSR count). The fourth-order valence-electron chi connectivity index (χ4n) is 12.4. The molecule has 3 unspecified atom stereocenters. The van der Waals surface area contributed by atoms with E-state index in [4.69, 9.17) is 0 Å². The summed E-state index contributed by atoms with van der Waals surface area (Å²) in [6, 6.07) is 43.6. The zero-order valence-electron chi connectivity index (χ0n) is 32.6. The summed E-state index contributed by atoms with van der Waals surface area (Å²) in [6.45, 7) is 4.91. The Bertz CT molecular complexity index is 2960. The summed E-state index contributed by atoms with van der Waals surface area (Å²) in [6.07, 6.45) is 21.7. The van der Waals surface area contributed by atoms with Gasteiger partial charge in [-0.25, -0.2) is 0 Å². The fourth-order valence-corrected chi connectivity index (χ4v) is 12.4. The number of fused-ring (bicyclic) bond motifs is 11. The second-order valence-electron chi connectivity index (χ2n) is 17.6. The average Bonchev–Trinajstić information content (AvgIpc) is 3.96.